The summed E-state index contributed by atoms with van der Waals surface area (Å²) in [4.78, 5) is 4.91. The summed E-state index contributed by atoms with van der Waals surface area (Å²) in [5, 5.41) is 19.2. The molecule has 7 heteroatoms. The van der Waals surface area contributed by atoms with E-state index in [1.54, 1.807) is 28.9 Å². The van der Waals surface area contributed by atoms with Gasteiger partial charge in [-0.2, -0.15) is 0 Å². The van der Waals surface area contributed by atoms with Gasteiger partial charge in [0.2, 0.25) is 5.75 Å². The third-order valence-corrected chi connectivity index (χ3v) is 6.33. The van der Waals surface area contributed by atoms with Crippen LogP contribution >= 0.6 is 0 Å². The number of aliphatic hydroxyl groups excluding tert-OH is 1. The molecule has 0 bridgehead atoms. The summed E-state index contributed by atoms with van der Waals surface area (Å²) in [7, 11) is 3.14. The minimum absolute atomic E-state index is 0.0727. The zero-order valence-electron chi connectivity index (χ0n) is 16.7. The molecule has 2 saturated heterocycles. The highest BCUT2D eigenvalue weighted by Crippen LogP contribution is 2.36. The van der Waals surface area contributed by atoms with E-state index in [4.69, 9.17) is 14.6 Å². The molecule has 27 heavy (non-hydrogen) atoms. The molecule has 0 amide bonds. The lowest BCUT2D eigenvalue weighted by atomic mass is 10.0. The fourth-order valence-electron chi connectivity index (χ4n) is 4.69. The molecule has 152 valence electrons. The van der Waals surface area contributed by atoms with E-state index in [-0.39, 0.29) is 5.75 Å². The molecule has 2 aliphatic rings. The van der Waals surface area contributed by atoms with Crippen molar-refractivity contribution in [3.8, 4) is 17.2 Å². The summed E-state index contributed by atoms with van der Waals surface area (Å²) in [5.41, 5.74) is 1.14. The Bertz CT molecular complexity index is 572. The lowest BCUT2D eigenvalue weighted by Crippen LogP contribution is -3.30. The number of aromatic hydroxyl groups is 1. The highest BCUT2D eigenvalue weighted by Gasteiger charge is 2.33. The van der Waals surface area contributed by atoms with Gasteiger partial charge in [-0.15, -0.1) is 0 Å². The van der Waals surface area contributed by atoms with Crippen LogP contribution in [-0.4, -0.2) is 82.9 Å². The standard InChI is InChI=1S/C20H33N3O4/c1-26-18-13-16(14-19(27-2)20(18)25)15-22-5-3-17(4-6-22)23-9-7-21(8-10-23)11-12-24/h13-14,17,24-25H,3-12,15H2,1-2H3/p+3. The van der Waals surface area contributed by atoms with Crippen LogP contribution in [0.2, 0.25) is 0 Å². The van der Waals surface area contributed by atoms with Crippen LogP contribution in [0.4, 0.5) is 0 Å². The van der Waals surface area contributed by atoms with Crippen LogP contribution in [-0.2, 0) is 6.54 Å². The second-order valence-corrected chi connectivity index (χ2v) is 7.93. The number of methoxy groups -OCH3 is 2. The zero-order valence-corrected chi connectivity index (χ0v) is 16.7. The molecule has 3 rings (SSSR count). The Labute approximate surface area is 162 Å². The SMILES string of the molecule is COc1cc(C[NH+]2CCC([NH+]3CC[NH+](CCO)CC3)CC2)cc(OC)c1O. The van der Waals surface area contributed by atoms with Crippen LogP contribution < -0.4 is 24.2 Å². The maximum atomic E-state index is 10.1. The fourth-order valence-corrected chi connectivity index (χ4v) is 4.69. The van der Waals surface area contributed by atoms with Gasteiger partial charge in [0.15, 0.2) is 11.5 Å². The summed E-state index contributed by atoms with van der Waals surface area (Å²) in [6.45, 7) is 9.37. The molecular weight excluding hydrogens is 346 g/mol. The average Bonchev–Trinajstić information content (AvgIpc) is 2.70. The number of piperazine rings is 1. The quantitative estimate of drug-likeness (QED) is 0.343. The maximum Gasteiger partial charge on any atom is 0.200 e. The topological polar surface area (TPSA) is 72.2 Å². The van der Waals surface area contributed by atoms with E-state index >= 15 is 0 Å². The fraction of sp³-hybridized carbons (Fsp3) is 0.700. The smallest absolute Gasteiger partial charge is 0.200 e. The van der Waals surface area contributed by atoms with Crippen LogP contribution in [0.15, 0.2) is 12.1 Å². The largest absolute Gasteiger partial charge is 0.502 e. The van der Waals surface area contributed by atoms with E-state index in [0.29, 0.717) is 18.1 Å². The molecule has 0 aliphatic carbocycles. The van der Waals surface area contributed by atoms with Gasteiger partial charge >= 0.3 is 0 Å². The number of likely N-dealkylation sites (tertiary alicyclic amines) is 1. The van der Waals surface area contributed by atoms with Crippen molar-refractivity contribution in [2.75, 3.05) is 66.6 Å². The van der Waals surface area contributed by atoms with Crippen molar-refractivity contribution in [3.63, 3.8) is 0 Å². The van der Waals surface area contributed by atoms with E-state index in [0.717, 1.165) is 24.7 Å². The number of benzene rings is 1. The van der Waals surface area contributed by atoms with Crippen molar-refractivity contribution in [1.82, 2.24) is 0 Å². The summed E-state index contributed by atoms with van der Waals surface area (Å²) < 4.78 is 10.6. The van der Waals surface area contributed by atoms with Crippen molar-refractivity contribution in [3.05, 3.63) is 17.7 Å². The number of hydrogen-bond donors (Lipinski definition) is 5. The Morgan fingerprint density at radius 1 is 0.926 bits per heavy atom. The summed E-state index contributed by atoms with van der Waals surface area (Å²) >= 11 is 0. The summed E-state index contributed by atoms with van der Waals surface area (Å²) in [6, 6.07) is 4.63. The van der Waals surface area contributed by atoms with Crippen LogP contribution in [0.1, 0.15) is 18.4 Å². The van der Waals surface area contributed by atoms with E-state index in [1.807, 2.05) is 12.1 Å². The molecule has 2 fully saturated rings. The molecule has 0 atom stereocenters. The minimum Gasteiger partial charge on any atom is -0.502 e. The van der Waals surface area contributed by atoms with Gasteiger partial charge < -0.3 is 34.4 Å². The molecule has 0 aromatic heterocycles. The molecule has 0 saturated carbocycles. The lowest BCUT2D eigenvalue weighted by molar-refractivity contribution is -1.03. The van der Waals surface area contributed by atoms with Gasteiger partial charge in [0.05, 0.1) is 40.0 Å². The molecule has 0 spiro atoms. The Hall–Kier alpha value is -1.54. The van der Waals surface area contributed by atoms with Gasteiger partial charge in [-0.1, -0.05) is 0 Å². The number of rotatable bonds is 7. The Morgan fingerprint density at radius 2 is 1.52 bits per heavy atom. The van der Waals surface area contributed by atoms with Gasteiger partial charge in [-0.05, 0) is 12.1 Å². The average molecular weight is 383 g/mol. The molecule has 1 aromatic carbocycles. The van der Waals surface area contributed by atoms with Gasteiger partial charge in [0.25, 0.3) is 0 Å². The van der Waals surface area contributed by atoms with E-state index in [1.165, 1.54) is 52.1 Å². The molecule has 0 radical (unpaired) electrons. The van der Waals surface area contributed by atoms with Crippen LogP contribution in [0, 0.1) is 0 Å². The molecule has 5 N–H and O–H groups in total. The van der Waals surface area contributed by atoms with E-state index < -0.39 is 0 Å². The van der Waals surface area contributed by atoms with Gasteiger partial charge in [0, 0.05) is 18.4 Å². The summed E-state index contributed by atoms with van der Waals surface area (Å²) in [5.74, 6) is 1.03. The first kappa shape index (κ1) is 20.2. The molecular formula is C20H36N3O4+3. The Balaban J connectivity index is 1.50. The minimum atomic E-state index is 0.0727. The molecule has 1 aromatic rings. The first-order valence-electron chi connectivity index (χ1n) is 10.2. The third kappa shape index (κ3) is 5.04. The first-order chi connectivity index (χ1) is 13.1. The zero-order chi connectivity index (χ0) is 19.2. The van der Waals surface area contributed by atoms with Crippen molar-refractivity contribution >= 4 is 0 Å². The number of phenols is 1. The molecule has 2 aliphatic heterocycles. The highest BCUT2D eigenvalue weighted by molar-refractivity contribution is 5.52. The highest BCUT2D eigenvalue weighted by atomic mass is 16.5. The first-order valence-corrected chi connectivity index (χ1v) is 10.2. The normalized spacial score (nSPS) is 28.7. The number of quaternary nitrogens is 3. The van der Waals surface area contributed by atoms with Gasteiger partial charge in [0.1, 0.15) is 39.3 Å². The predicted octanol–water partition coefficient (Wildman–Crippen LogP) is -3.27. The Kier molecular flexibility index (Phi) is 7.18. The molecule has 0 unspecified atom stereocenters. The van der Waals surface area contributed by atoms with Crippen LogP contribution in [0.25, 0.3) is 0 Å². The summed E-state index contributed by atoms with van der Waals surface area (Å²) in [6.07, 6.45) is 2.54. The van der Waals surface area contributed by atoms with Crippen molar-refractivity contribution in [1.29, 1.82) is 0 Å². The Morgan fingerprint density at radius 3 is 2.04 bits per heavy atom. The molecule has 2 heterocycles. The second kappa shape index (κ2) is 9.59. The molecule has 7 nitrogen and oxygen atoms in total. The van der Waals surface area contributed by atoms with E-state index in [9.17, 15) is 5.11 Å². The number of ether oxygens (including phenoxy) is 2. The number of aliphatic hydroxyl groups is 1. The monoisotopic (exact) mass is 382 g/mol. The van der Waals surface area contributed by atoms with Crippen molar-refractivity contribution in [2.24, 2.45) is 0 Å². The van der Waals surface area contributed by atoms with Crippen LogP contribution in [0.3, 0.4) is 0 Å². The second-order valence-electron chi connectivity index (χ2n) is 7.93. The number of hydrogen-bond acceptors (Lipinski definition) is 4. The van der Waals surface area contributed by atoms with Gasteiger partial charge in [-0.3, -0.25) is 0 Å². The number of piperidine rings is 1. The van der Waals surface area contributed by atoms with Crippen molar-refractivity contribution in [2.45, 2.75) is 25.4 Å². The number of nitrogens with one attached hydrogen (secondary N) is 3. The van der Waals surface area contributed by atoms with E-state index in [2.05, 4.69) is 0 Å². The maximum absolute atomic E-state index is 10.1. The lowest BCUT2D eigenvalue weighted by Gasteiger charge is -2.37. The predicted molar refractivity (Wildman–Crippen MR) is 102 cm³/mol. The van der Waals surface area contributed by atoms with Crippen molar-refractivity contribution < 1.29 is 34.4 Å². The van der Waals surface area contributed by atoms with Crippen LogP contribution in [0.5, 0.6) is 17.2 Å². The van der Waals surface area contributed by atoms with Gasteiger partial charge in [-0.25, -0.2) is 0 Å². The third-order valence-electron chi connectivity index (χ3n) is 6.33. The number of phenolic OH excluding ortho intramolecular Hbond substituents is 1.